The summed E-state index contributed by atoms with van der Waals surface area (Å²) in [5.41, 5.74) is -1.79. The summed E-state index contributed by atoms with van der Waals surface area (Å²) in [6.45, 7) is 1.31. The van der Waals surface area contributed by atoms with Gasteiger partial charge in [0.05, 0.1) is 6.10 Å². The normalized spacial score (nSPS) is 39.6. The first-order valence-electron chi connectivity index (χ1n) is 3.30. The van der Waals surface area contributed by atoms with Crippen molar-refractivity contribution in [2.75, 3.05) is 0 Å². The van der Waals surface area contributed by atoms with Gasteiger partial charge in [-0.05, 0) is 19.1 Å². The summed E-state index contributed by atoms with van der Waals surface area (Å²) in [6.07, 6.45) is -0.495. The molecular weight excluding hydrogens is 148 g/mol. The maximum Gasteiger partial charge on any atom is 0.187 e. The van der Waals surface area contributed by atoms with Gasteiger partial charge in [0.15, 0.2) is 11.9 Å². The first-order valence-corrected chi connectivity index (χ1v) is 3.30. The fourth-order valence-corrected chi connectivity index (χ4v) is 0.994. The van der Waals surface area contributed by atoms with Crippen LogP contribution in [0.3, 0.4) is 0 Å². The predicted molar refractivity (Wildman–Crippen MR) is 36.8 cm³/mol. The van der Waals surface area contributed by atoms with E-state index < -0.39 is 23.6 Å². The van der Waals surface area contributed by atoms with Crippen molar-refractivity contribution >= 4 is 5.78 Å². The van der Waals surface area contributed by atoms with E-state index in [1.807, 2.05) is 0 Å². The van der Waals surface area contributed by atoms with Crippen molar-refractivity contribution in [2.45, 2.75) is 24.7 Å². The molecule has 0 aliphatic heterocycles. The second-order valence-electron chi connectivity index (χ2n) is 2.70. The van der Waals surface area contributed by atoms with E-state index in [1.165, 1.54) is 6.92 Å². The summed E-state index contributed by atoms with van der Waals surface area (Å²) in [5, 5.41) is 27.5. The fourth-order valence-electron chi connectivity index (χ4n) is 0.994. The number of hydrogen-bond donors (Lipinski definition) is 3. The van der Waals surface area contributed by atoms with Crippen LogP contribution in [0.25, 0.3) is 0 Å². The average molecular weight is 158 g/mol. The zero-order valence-electron chi connectivity index (χ0n) is 6.06. The molecule has 0 heterocycles. The number of aliphatic hydroxyl groups excluding tert-OH is 2. The Kier molecular flexibility index (Phi) is 1.83. The van der Waals surface area contributed by atoms with Crippen LogP contribution >= 0.6 is 0 Å². The molecule has 3 unspecified atom stereocenters. The second-order valence-corrected chi connectivity index (χ2v) is 2.70. The highest BCUT2D eigenvalue weighted by Crippen LogP contribution is 2.24. The van der Waals surface area contributed by atoms with Crippen LogP contribution < -0.4 is 0 Å². The predicted octanol–water partition coefficient (Wildman–Crippen LogP) is -1.40. The van der Waals surface area contributed by atoms with Crippen molar-refractivity contribution in [2.24, 2.45) is 0 Å². The Morgan fingerprint density at radius 1 is 1.73 bits per heavy atom. The zero-order chi connectivity index (χ0) is 8.65. The van der Waals surface area contributed by atoms with Crippen molar-refractivity contribution < 1.29 is 20.1 Å². The molecule has 0 amide bonds. The van der Waals surface area contributed by atoms with Gasteiger partial charge in [0.2, 0.25) is 0 Å². The third-order valence-electron chi connectivity index (χ3n) is 1.89. The third-order valence-corrected chi connectivity index (χ3v) is 1.89. The number of carbonyl (C=O) groups excluding carboxylic acids is 1. The lowest BCUT2D eigenvalue weighted by Gasteiger charge is -2.26. The highest BCUT2D eigenvalue weighted by atomic mass is 16.4. The molecule has 4 heteroatoms. The summed E-state index contributed by atoms with van der Waals surface area (Å²) in [7, 11) is 0. The molecule has 0 fully saturated rings. The van der Waals surface area contributed by atoms with Crippen LogP contribution in [0.2, 0.25) is 0 Å². The van der Waals surface area contributed by atoms with Gasteiger partial charge >= 0.3 is 0 Å². The minimum atomic E-state index is -1.79. The molecule has 3 atom stereocenters. The van der Waals surface area contributed by atoms with Crippen LogP contribution in [-0.4, -0.2) is 38.9 Å². The largest absolute Gasteiger partial charge is 0.390 e. The number of ketones is 1. The summed E-state index contributed by atoms with van der Waals surface area (Å²) < 4.78 is 0. The molecule has 4 nitrogen and oxygen atoms in total. The van der Waals surface area contributed by atoms with E-state index in [0.29, 0.717) is 0 Å². The molecule has 1 aliphatic carbocycles. The molecular formula is C7H10O4. The van der Waals surface area contributed by atoms with Crippen LogP contribution in [0.1, 0.15) is 6.92 Å². The molecule has 0 bridgehead atoms. The highest BCUT2D eigenvalue weighted by Gasteiger charge is 2.45. The standard InChI is InChI=1S/C7H10O4/c1-4(8)7(11)3-2-5(9)6(7)10/h2-4,6,8,10-11H,1H3. The smallest absolute Gasteiger partial charge is 0.187 e. The Labute approximate surface area is 63.8 Å². The number of aliphatic hydroxyl groups is 3. The molecule has 1 aliphatic rings. The monoisotopic (exact) mass is 158 g/mol. The summed E-state index contributed by atoms with van der Waals surface area (Å²) in [5.74, 6) is -0.576. The minimum absolute atomic E-state index is 0.576. The minimum Gasteiger partial charge on any atom is -0.390 e. The third kappa shape index (κ3) is 1.09. The summed E-state index contributed by atoms with van der Waals surface area (Å²) in [4.78, 5) is 10.7. The first kappa shape index (κ1) is 8.39. The van der Waals surface area contributed by atoms with Crippen molar-refractivity contribution in [1.29, 1.82) is 0 Å². The van der Waals surface area contributed by atoms with E-state index in [2.05, 4.69) is 0 Å². The van der Waals surface area contributed by atoms with Gasteiger partial charge < -0.3 is 15.3 Å². The average Bonchev–Trinajstić information content (AvgIpc) is 2.18. The van der Waals surface area contributed by atoms with E-state index >= 15 is 0 Å². The highest BCUT2D eigenvalue weighted by molar-refractivity contribution is 5.97. The van der Waals surface area contributed by atoms with Crippen molar-refractivity contribution in [3.63, 3.8) is 0 Å². The van der Waals surface area contributed by atoms with Gasteiger partial charge in [0, 0.05) is 0 Å². The Balaban J connectivity index is 2.90. The molecule has 0 saturated carbocycles. The topological polar surface area (TPSA) is 77.8 Å². The van der Waals surface area contributed by atoms with Crippen LogP contribution in [-0.2, 0) is 4.79 Å². The molecule has 11 heavy (non-hydrogen) atoms. The van der Waals surface area contributed by atoms with Crippen LogP contribution in [0.15, 0.2) is 12.2 Å². The number of hydrogen-bond acceptors (Lipinski definition) is 4. The maximum absolute atomic E-state index is 10.7. The van der Waals surface area contributed by atoms with Gasteiger partial charge in [-0.2, -0.15) is 0 Å². The molecule has 0 aromatic carbocycles. The first-order chi connectivity index (χ1) is 4.98. The maximum atomic E-state index is 10.7. The molecule has 0 saturated heterocycles. The van der Waals surface area contributed by atoms with Gasteiger partial charge in [-0.1, -0.05) is 0 Å². The molecule has 0 aromatic heterocycles. The van der Waals surface area contributed by atoms with Crippen molar-refractivity contribution in [1.82, 2.24) is 0 Å². The molecule has 0 spiro atoms. The number of rotatable bonds is 1. The van der Waals surface area contributed by atoms with Crippen molar-refractivity contribution in [3.8, 4) is 0 Å². The van der Waals surface area contributed by atoms with E-state index in [9.17, 15) is 9.90 Å². The lowest BCUT2D eigenvalue weighted by Crippen LogP contribution is -2.49. The Hall–Kier alpha value is -0.710. The van der Waals surface area contributed by atoms with Crippen LogP contribution in [0.4, 0.5) is 0 Å². The van der Waals surface area contributed by atoms with Gasteiger partial charge in [0.1, 0.15) is 5.60 Å². The SMILES string of the molecule is CC(O)C1(O)C=CC(=O)C1O. The molecule has 1 rings (SSSR count). The van der Waals surface area contributed by atoms with E-state index in [4.69, 9.17) is 10.2 Å². The Bertz CT molecular complexity index is 208. The summed E-state index contributed by atoms with van der Waals surface area (Å²) >= 11 is 0. The zero-order valence-corrected chi connectivity index (χ0v) is 6.06. The lowest BCUT2D eigenvalue weighted by molar-refractivity contribution is -0.140. The van der Waals surface area contributed by atoms with E-state index in [-0.39, 0.29) is 0 Å². The van der Waals surface area contributed by atoms with Gasteiger partial charge in [-0.15, -0.1) is 0 Å². The fraction of sp³-hybridized carbons (Fsp3) is 0.571. The molecule has 3 N–H and O–H groups in total. The summed E-state index contributed by atoms with van der Waals surface area (Å²) in [6, 6.07) is 0. The van der Waals surface area contributed by atoms with Gasteiger partial charge in [0.25, 0.3) is 0 Å². The quantitative estimate of drug-likeness (QED) is 0.438. The van der Waals surface area contributed by atoms with Crippen LogP contribution in [0.5, 0.6) is 0 Å². The molecule has 0 aromatic rings. The molecule has 62 valence electrons. The van der Waals surface area contributed by atoms with Crippen molar-refractivity contribution in [3.05, 3.63) is 12.2 Å². The van der Waals surface area contributed by atoms with E-state index in [0.717, 1.165) is 12.2 Å². The van der Waals surface area contributed by atoms with Gasteiger partial charge in [-0.3, -0.25) is 4.79 Å². The Morgan fingerprint density at radius 2 is 2.27 bits per heavy atom. The Morgan fingerprint density at radius 3 is 2.45 bits per heavy atom. The molecule has 0 radical (unpaired) electrons. The van der Waals surface area contributed by atoms with Gasteiger partial charge in [-0.25, -0.2) is 0 Å². The second kappa shape index (κ2) is 2.41. The lowest BCUT2D eigenvalue weighted by atomic mass is 9.94. The van der Waals surface area contributed by atoms with E-state index in [1.54, 1.807) is 0 Å². The van der Waals surface area contributed by atoms with Crippen LogP contribution in [0, 0.1) is 0 Å². The number of carbonyl (C=O) groups is 1.